The van der Waals surface area contributed by atoms with E-state index in [1.807, 2.05) is 12.1 Å². The Bertz CT molecular complexity index is 370. The molecule has 2 rings (SSSR count). The molecule has 0 amide bonds. The number of anilines is 2. The minimum absolute atomic E-state index is 0.709. The third-order valence-corrected chi connectivity index (χ3v) is 3.41. The van der Waals surface area contributed by atoms with Crippen LogP contribution in [0.25, 0.3) is 0 Å². The van der Waals surface area contributed by atoms with Crippen LogP contribution in [0.2, 0.25) is 0 Å². The summed E-state index contributed by atoms with van der Waals surface area (Å²) in [5.74, 6) is 0.976. The zero-order chi connectivity index (χ0) is 9.97. The molecule has 14 heavy (non-hydrogen) atoms. The molecule has 1 heterocycles. The van der Waals surface area contributed by atoms with Gasteiger partial charge in [-0.1, -0.05) is 6.07 Å². The van der Waals surface area contributed by atoms with Gasteiger partial charge in [-0.05, 0) is 12.1 Å². The van der Waals surface area contributed by atoms with Crippen molar-refractivity contribution in [1.29, 1.82) is 0 Å². The number of hydrogen-bond donors (Lipinski definition) is 3. The fourth-order valence-corrected chi connectivity index (χ4v) is 2.75. The Hall–Kier alpha value is -0.720. The molecule has 3 N–H and O–H groups in total. The van der Waals surface area contributed by atoms with Crippen LogP contribution in [0.5, 0.6) is 0 Å². The van der Waals surface area contributed by atoms with E-state index in [2.05, 4.69) is 10.0 Å². The van der Waals surface area contributed by atoms with Crippen molar-refractivity contribution in [3.8, 4) is 0 Å². The molecule has 1 aliphatic heterocycles. The van der Waals surface area contributed by atoms with E-state index in [1.165, 1.54) is 0 Å². The molecule has 0 aliphatic carbocycles. The Balaban J connectivity index is 2.35. The van der Waals surface area contributed by atoms with Crippen molar-refractivity contribution in [3.05, 3.63) is 18.2 Å². The van der Waals surface area contributed by atoms with Gasteiger partial charge in [0.2, 0.25) is 0 Å². The average molecular weight is 230 g/mol. The van der Waals surface area contributed by atoms with Crippen LogP contribution in [0, 0.1) is 0 Å². The molecule has 0 spiro atoms. The van der Waals surface area contributed by atoms with Crippen LogP contribution in [0.15, 0.2) is 23.1 Å². The summed E-state index contributed by atoms with van der Waals surface area (Å²) < 4.78 is 21.9. The van der Waals surface area contributed by atoms with Gasteiger partial charge < -0.3 is 5.32 Å². The second-order valence-corrected chi connectivity index (χ2v) is 4.62. The first-order valence-corrected chi connectivity index (χ1v) is 6.24. The van der Waals surface area contributed by atoms with Crippen LogP contribution in [-0.4, -0.2) is 21.1 Å². The highest BCUT2D eigenvalue weighted by Crippen LogP contribution is 2.37. The lowest BCUT2D eigenvalue weighted by Gasteiger charge is -2.19. The highest BCUT2D eigenvalue weighted by molar-refractivity contribution is 7.99. The maximum atomic E-state index is 10.6. The van der Waals surface area contributed by atoms with E-state index in [0.717, 1.165) is 22.9 Å². The molecule has 6 heteroatoms. The van der Waals surface area contributed by atoms with E-state index in [-0.39, 0.29) is 0 Å². The molecule has 1 aromatic carbocycles. The predicted octanol–water partition coefficient (Wildman–Crippen LogP) is 1.75. The van der Waals surface area contributed by atoms with Gasteiger partial charge in [0.15, 0.2) is 0 Å². The van der Waals surface area contributed by atoms with E-state index >= 15 is 0 Å². The first-order valence-electron chi connectivity index (χ1n) is 4.14. The smallest absolute Gasteiger partial charge is 0.259 e. The lowest BCUT2D eigenvalue weighted by atomic mass is 10.3. The molecule has 1 unspecified atom stereocenters. The minimum Gasteiger partial charge on any atom is -0.383 e. The quantitative estimate of drug-likeness (QED) is 0.677. The first-order chi connectivity index (χ1) is 6.77. The standard InChI is InChI=1S/C8H10N2O2S2/c11-14(12)10-7-3-1-2-6-8(7)13-5-4-9-6/h1-3,9-10H,4-5H2,(H,11,12). The average Bonchev–Trinajstić information content (AvgIpc) is 2.18. The Morgan fingerprint density at radius 2 is 2.43 bits per heavy atom. The normalized spacial score (nSPS) is 16.6. The van der Waals surface area contributed by atoms with Gasteiger partial charge in [-0.3, -0.25) is 9.27 Å². The zero-order valence-electron chi connectivity index (χ0n) is 7.32. The number of thioether (sulfide) groups is 1. The fraction of sp³-hybridized carbons (Fsp3) is 0.250. The zero-order valence-corrected chi connectivity index (χ0v) is 8.95. The topological polar surface area (TPSA) is 61.4 Å². The maximum absolute atomic E-state index is 10.6. The van der Waals surface area contributed by atoms with Gasteiger partial charge in [-0.25, -0.2) is 4.21 Å². The van der Waals surface area contributed by atoms with Gasteiger partial charge in [0.25, 0.3) is 11.3 Å². The Morgan fingerprint density at radius 3 is 3.21 bits per heavy atom. The highest BCUT2D eigenvalue weighted by Gasteiger charge is 2.13. The molecule has 76 valence electrons. The van der Waals surface area contributed by atoms with Crippen molar-refractivity contribution in [2.24, 2.45) is 0 Å². The number of hydrogen-bond acceptors (Lipinski definition) is 3. The summed E-state index contributed by atoms with van der Waals surface area (Å²) >= 11 is -0.319. The van der Waals surface area contributed by atoms with Gasteiger partial charge in [0.05, 0.1) is 10.6 Å². The molecule has 1 aromatic rings. The summed E-state index contributed by atoms with van der Waals surface area (Å²) in [5.41, 5.74) is 1.73. The summed E-state index contributed by atoms with van der Waals surface area (Å²) in [7, 11) is 0. The third kappa shape index (κ3) is 2.02. The molecule has 1 atom stereocenters. The SMILES string of the molecule is O=S(O)Nc1cccc2c1SCCN2. The van der Waals surface area contributed by atoms with Crippen LogP contribution in [0.3, 0.4) is 0 Å². The largest absolute Gasteiger partial charge is 0.383 e. The van der Waals surface area contributed by atoms with E-state index in [1.54, 1.807) is 17.8 Å². The van der Waals surface area contributed by atoms with E-state index in [0.29, 0.717) is 5.69 Å². The lowest BCUT2D eigenvalue weighted by molar-refractivity contribution is 0.570. The van der Waals surface area contributed by atoms with Crippen LogP contribution in [0.1, 0.15) is 0 Å². The van der Waals surface area contributed by atoms with Gasteiger partial charge in [-0.15, -0.1) is 11.8 Å². The van der Waals surface area contributed by atoms with E-state index < -0.39 is 11.3 Å². The summed E-state index contributed by atoms with van der Waals surface area (Å²) in [5, 5.41) is 3.23. The molecular formula is C8H10N2O2S2. The van der Waals surface area contributed by atoms with Crippen molar-refractivity contribution < 1.29 is 8.76 Å². The third-order valence-electron chi connectivity index (χ3n) is 1.88. The molecule has 0 saturated heterocycles. The second kappa shape index (κ2) is 4.20. The van der Waals surface area contributed by atoms with Crippen LogP contribution >= 0.6 is 11.8 Å². The maximum Gasteiger partial charge on any atom is 0.259 e. The van der Waals surface area contributed by atoms with Crippen LogP contribution < -0.4 is 10.0 Å². The number of fused-ring (bicyclic) bond motifs is 1. The number of nitrogens with one attached hydrogen (secondary N) is 2. The second-order valence-electron chi connectivity index (χ2n) is 2.81. The van der Waals surface area contributed by atoms with Gasteiger partial charge in [0, 0.05) is 18.0 Å². The van der Waals surface area contributed by atoms with Crippen molar-refractivity contribution in [3.63, 3.8) is 0 Å². The van der Waals surface area contributed by atoms with Crippen LogP contribution in [-0.2, 0) is 11.3 Å². The van der Waals surface area contributed by atoms with Gasteiger partial charge in [0.1, 0.15) is 0 Å². The Labute approximate surface area is 88.9 Å². The molecule has 0 saturated carbocycles. The molecule has 0 aromatic heterocycles. The summed E-state index contributed by atoms with van der Waals surface area (Å²) in [6.45, 7) is 0.934. The van der Waals surface area contributed by atoms with Crippen molar-refractivity contribution in [2.75, 3.05) is 22.3 Å². The van der Waals surface area contributed by atoms with Crippen molar-refractivity contribution >= 4 is 34.4 Å². The van der Waals surface area contributed by atoms with Crippen LogP contribution in [0.4, 0.5) is 11.4 Å². The molecule has 4 nitrogen and oxygen atoms in total. The summed E-state index contributed by atoms with van der Waals surface area (Å²) in [6.07, 6.45) is 0. The van der Waals surface area contributed by atoms with Crippen molar-refractivity contribution in [1.82, 2.24) is 0 Å². The van der Waals surface area contributed by atoms with Crippen molar-refractivity contribution in [2.45, 2.75) is 4.90 Å². The minimum atomic E-state index is -2.01. The number of benzene rings is 1. The summed E-state index contributed by atoms with van der Waals surface area (Å²) in [6, 6.07) is 5.62. The Kier molecular flexibility index (Phi) is 2.95. The monoisotopic (exact) mass is 230 g/mol. The fourth-order valence-electron chi connectivity index (χ4n) is 1.34. The van der Waals surface area contributed by atoms with E-state index in [4.69, 9.17) is 4.55 Å². The van der Waals surface area contributed by atoms with E-state index in [9.17, 15) is 4.21 Å². The highest BCUT2D eigenvalue weighted by atomic mass is 32.2. The predicted molar refractivity (Wildman–Crippen MR) is 60.0 cm³/mol. The van der Waals surface area contributed by atoms with Gasteiger partial charge in [-0.2, -0.15) is 0 Å². The molecule has 0 radical (unpaired) electrons. The molecule has 0 fully saturated rings. The Morgan fingerprint density at radius 1 is 1.57 bits per heavy atom. The first kappa shape index (κ1) is 9.82. The molecular weight excluding hydrogens is 220 g/mol. The summed E-state index contributed by atoms with van der Waals surface area (Å²) in [4.78, 5) is 1.01. The lowest BCUT2D eigenvalue weighted by Crippen LogP contribution is -2.12. The molecule has 1 aliphatic rings. The van der Waals surface area contributed by atoms with Gasteiger partial charge >= 0.3 is 0 Å². The molecule has 0 bridgehead atoms. The number of rotatable bonds is 2.